The average molecular weight is 300 g/mol. The summed E-state index contributed by atoms with van der Waals surface area (Å²) >= 11 is 0. The van der Waals surface area contributed by atoms with Crippen molar-refractivity contribution in [2.24, 2.45) is 0 Å². The van der Waals surface area contributed by atoms with E-state index in [-0.39, 0.29) is 6.61 Å². The van der Waals surface area contributed by atoms with Crippen molar-refractivity contribution in [1.82, 2.24) is 0 Å². The molecule has 0 unspecified atom stereocenters. The Labute approximate surface area is 123 Å². The second kappa shape index (κ2) is 7.78. The van der Waals surface area contributed by atoms with Crippen LogP contribution in [0.25, 0.3) is 0 Å². The molecular formula is C14H20O7. The summed E-state index contributed by atoms with van der Waals surface area (Å²) in [5, 5.41) is 0. The number of ether oxygens (including phenoxy) is 4. The van der Waals surface area contributed by atoms with Gasteiger partial charge in [0.1, 0.15) is 18.8 Å². The summed E-state index contributed by atoms with van der Waals surface area (Å²) < 4.78 is 20.9. The fourth-order valence-electron chi connectivity index (χ4n) is 2.16. The molecule has 0 N–H and O–H groups in total. The highest BCUT2D eigenvalue weighted by atomic mass is 16.6. The highest BCUT2D eigenvalue weighted by molar-refractivity contribution is 5.68. The Morgan fingerprint density at radius 2 is 1.52 bits per heavy atom. The van der Waals surface area contributed by atoms with E-state index in [0.29, 0.717) is 6.42 Å². The lowest BCUT2D eigenvalue weighted by atomic mass is 10.1. The molecule has 7 nitrogen and oxygen atoms in total. The third-order valence-electron chi connectivity index (χ3n) is 2.86. The van der Waals surface area contributed by atoms with Crippen LogP contribution in [0.2, 0.25) is 0 Å². The maximum atomic E-state index is 11.2. The van der Waals surface area contributed by atoms with E-state index in [4.69, 9.17) is 18.9 Å². The maximum absolute atomic E-state index is 11.2. The first-order valence-corrected chi connectivity index (χ1v) is 6.59. The van der Waals surface area contributed by atoms with Gasteiger partial charge in [-0.05, 0) is 6.42 Å². The van der Waals surface area contributed by atoms with Gasteiger partial charge in [0, 0.05) is 20.8 Å². The van der Waals surface area contributed by atoms with Crippen molar-refractivity contribution in [1.29, 1.82) is 0 Å². The van der Waals surface area contributed by atoms with Gasteiger partial charge in [-0.15, -0.1) is 6.58 Å². The predicted molar refractivity (Wildman–Crippen MR) is 71.2 cm³/mol. The Kier molecular flexibility index (Phi) is 6.36. The van der Waals surface area contributed by atoms with E-state index in [9.17, 15) is 14.4 Å². The molecule has 0 aromatic rings. The first kappa shape index (κ1) is 17.2. The normalized spacial score (nSPS) is 27.8. The summed E-state index contributed by atoms with van der Waals surface area (Å²) in [6.07, 6.45) is -0.754. The molecule has 0 amide bonds. The number of hydrogen-bond donors (Lipinski definition) is 0. The molecule has 1 aliphatic rings. The molecule has 7 heteroatoms. The largest absolute Gasteiger partial charge is 0.463 e. The van der Waals surface area contributed by atoms with Crippen LogP contribution in [0.5, 0.6) is 0 Å². The number of hydrogen-bond acceptors (Lipinski definition) is 7. The number of esters is 3. The summed E-state index contributed by atoms with van der Waals surface area (Å²) in [4.78, 5) is 33.4. The molecule has 0 aromatic carbocycles. The highest BCUT2D eigenvalue weighted by Crippen LogP contribution is 2.29. The molecule has 0 saturated carbocycles. The van der Waals surface area contributed by atoms with Crippen molar-refractivity contribution < 1.29 is 33.3 Å². The van der Waals surface area contributed by atoms with E-state index < -0.39 is 42.3 Å². The molecular weight excluding hydrogens is 280 g/mol. The molecule has 0 aromatic heterocycles. The fourth-order valence-corrected chi connectivity index (χ4v) is 2.16. The van der Waals surface area contributed by atoms with Gasteiger partial charge in [-0.1, -0.05) is 6.08 Å². The summed E-state index contributed by atoms with van der Waals surface area (Å²) in [6.45, 7) is 7.29. The molecule has 1 rings (SSSR count). The van der Waals surface area contributed by atoms with Gasteiger partial charge < -0.3 is 18.9 Å². The van der Waals surface area contributed by atoms with Gasteiger partial charge in [0.25, 0.3) is 0 Å². The van der Waals surface area contributed by atoms with Crippen LogP contribution in [0, 0.1) is 0 Å². The summed E-state index contributed by atoms with van der Waals surface area (Å²) in [5.41, 5.74) is 0. The number of rotatable bonds is 6. The Balaban J connectivity index is 2.89. The van der Waals surface area contributed by atoms with E-state index in [2.05, 4.69) is 6.58 Å². The van der Waals surface area contributed by atoms with Gasteiger partial charge in [0.05, 0.1) is 0 Å². The van der Waals surface area contributed by atoms with Crippen molar-refractivity contribution in [2.75, 3.05) is 6.61 Å². The standard InChI is InChI=1S/C14H20O7/c1-5-6-11-13(19-9(3)16)14(20-10(4)17)12(21-11)7-18-8(2)15/h5,11-14H,1,6-7H2,2-4H3/t11-,12-,13+,14-/m1/s1. The Morgan fingerprint density at radius 1 is 1.00 bits per heavy atom. The minimum absolute atomic E-state index is 0.0846. The van der Waals surface area contributed by atoms with Crippen molar-refractivity contribution >= 4 is 17.9 Å². The van der Waals surface area contributed by atoms with Gasteiger partial charge >= 0.3 is 17.9 Å². The van der Waals surface area contributed by atoms with Crippen LogP contribution in [0.1, 0.15) is 27.2 Å². The first-order chi connectivity index (χ1) is 9.85. The van der Waals surface area contributed by atoms with E-state index >= 15 is 0 Å². The molecule has 21 heavy (non-hydrogen) atoms. The molecule has 1 aliphatic heterocycles. The van der Waals surface area contributed by atoms with Crippen molar-refractivity contribution in [3.8, 4) is 0 Å². The zero-order valence-electron chi connectivity index (χ0n) is 12.4. The van der Waals surface area contributed by atoms with Crippen molar-refractivity contribution in [2.45, 2.75) is 51.6 Å². The first-order valence-electron chi connectivity index (χ1n) is 6.59. The van der Waals surface area contributed by atoms with Crippen LogP contribution in [-0.2, 0) is 33.3 Å². The van der Waals surface area contributed by atoms with Gasteiger partial charge in [-0.2, -0.15) is 0 Å². The zero-order valence-corrected chi connectivity index (χ0v) is 12.4. The zero-order chi connectivity index (χ0) is 16.0. The van der Waals surface area contributed by atoms with E-state index in [1.807, 2.05) is 0 Å². The lowest BCUT2D eigenvalue weighted by Crippen LogP contribution is -2.41. The topological polar surface area (TPSA) is 88.1 Å². The molecule has 118 valence electrons. The number of carbonyl (C=O) groups excluding carboxylic acids is 3. The molecule has 4 atom stereocenters. The van der Waals surface area contributed by atoms with E-state index in [1.165, 1.54) is 20.8 Å². The van der Waals surface area contributed by atoms with E-state index in [1.54, 1.807) is 6.08 Å². The third-order valence-corrected chi connectivity index (χ3v) is 2.86. The van der Waals surface area contributed by atoms with Gasteiger partial charge in [0.15, 0.2) is 12.2 Å². The van der Waals surface area contributed by atoms with Crippen molar-refractivity contribution in [3.63, 3.8) is 0 Å². The van der Waals surface area contributed by atoms with Crippen molar-refractivity contribution in [3.05, 3.63) is 12.7 Å². The molecule has 0 spiro atoms. The van der Waals surface area contributed by atoms with E-state index in [0.717, 1.165) is 0 Å². The Morgan fingerprint density at radius 3 is 1.95 bits per heavy atom. The second-order valence-electron chi connectivity index (χ2n) is 4.69. The molecule has 0 radical (unpaired) electrons. The minimum atomic E-state index is -0.823. The van der Waals surface area contributed by atoms with Gasteiger partial charge in [0.2, 0.25) is 0 Å². The maximum Gasteiger partial charge on any atom is 0.303 e. The Bertz CT molecular complexity index is 418. The number of carbonyl (C=O) groups is 3. The van der Waals surface area contributed by atoms with Gasteiger partial charge in [-0.25, -0.2) is 0 Å². The van der Waals surface area contributed by atoms with Crippen LogP contribution in [0.15, 0.2) is 12.7 Å². The highest BCUT2D eigenvalue weighted by Gasteiger charge is 2.48. The molecule has 0 bridgehead atoms. The van der Waals surface area contributed by atoms with Crippen LogP contribution in [0.4, 0.5) is 0 Å². The fraction of sp³-hybridized carbons (Fsp3) is 0.643. The molecule has 1 fully saturated rings. The van der Waals surface area contributed by atoms with Crippen LogP contribution < -0.4 is 0 Å². The average Bonchev–Trinajstić information content (AvgIpc) is 2.65. The predicted octanol–water partition coefficient (Wildman–Crippen LogP) is 0.756. The smallest absolute Gasteiger partial charge is 0.303 e. The minimum Gasteiger partial charge on any atom is -0.463 e. The monoisotopic (exact) mass is 300 g/mol. The molecule has 1 heterocycles. The summed E-state index contributed by atoms with van der Waals surface area (Å²) in [7, 11) is 0. The lowest BCUT2D eigenvalue weighted by Gasteiger charge is -2.23. The SMILES string of the molecule is C=CC[C@H]1O[C@H](COC(C)=O)[C@@H](OC(C)=O)[C@H]1OC(C)=O. The molecule has 1 saturated heterocycles. The van der Waals surface area contributed by atoms with Gasteiger partial charge in [-0.3, -0.25) is 14.4 Å². The quantitative estimate of drug-likeness (QED) is 0.406. The van der Waals surface area contributed by atoms with Crippen LogP contribution >= 0.6 is 0 Å². The third kappa shape index (κ3) is 5.18. The lowest BCUT2D eigenvalue weighted by molar-refractivity contribution is -0.165. The molecule has 0 aliphatic carbocycles. The summed E-state index contributed by atoms with van der Waals surface area (Å²) in [5.74, 6) is -1.52. The second-order valence-corrected chi connectivity index (χ2v) is 4.69. The van der Waals surface area contributed by atoms with Crippen LogP contribution in [0.3, 0.4) is 0 Å². The Hall–Kier alpha value is -1.89. The van der Waals surface area contributed by atoms with Crippen LogP contribution in [-0.4, -0.2) is 48.9 Å². The summed E-state index contributed by atoms with van der Waals surface area (Å²) in [6, 6.07) is 0.